The van der Waals surface area contributed by atoms with E-state index in [-0.39, 0.29) is 32.0 Å². The minimum Gasteiger partial charge on any atom is -0.756 e. The Morgan fingerprint density at radius 1 is 0.369 bits per heavy atom. The molecule has 0 aliphatic heterocycles. The zero-order chi connectivity index (χ0) is 61.2. The van der Waals surface area contributed by atoms with E-state index in [1.54, 1.807) is 0 Å². The molecule has 0 heterocycles. The maximum atomic E-state index is 12.9. The number of carbonyl (C=O) groups excluding carboxylic acids is 2. The summed E-state index contributed by atoms with van der Waals surface area (Å²) < 4.78 is 34.3. The molecule has 10 heteroatoms. The molecule has 2 atom stereocenters. The highest BCUT2D eigenvalue weighted by molar-refractivity contribution is 7.45. The van der Waals surface area contributed by atoms with Gasteiger partial charge in [-0.3, -0.25) is 14.2 Å². The topological polar surface area (TPSA) is 111 Å². The van der Waals surface area contributed by atoms with Gasteiger partial charge in [-0.1, -0.05) is 319 Å². The van der Waals surface area contributed by atoms with Crippen LogP contribution in [0.3, 0.4) is 0 Å². The minimum atomic E-state index is -4.64. The lowest BCUT2D eigenvalue weighted by molar-refractivity contribution is -0.870. The van der Waals surface area contributed by atoms with Crippen molar-refractivity contribution in [2.75, 3.05) is 47.5 Å². The van der Waals surface area contributed by atoms with Crippen molar-refractivity contribution >= 4 is 19.8 Å². The van der Waals surface area contributed by atoms with E-state index < -0.39 is 26.5 Å². The van der Waals surface area contributed by atoms with Gasteiger partial charge in [-0.25, -0.2) is 0 Å². The first-order valence-electron chi connectivity index (χ1n) is 36.3. The van der Waals surface area contributed by atoms with Gasteiger partial charge in [-0.2, -0.15) is 0 Å². The largest absolute Gasteiger partial charge is 0.756 e. The molecule has 0 rings (SSSR count). The molecule has 0 aliphatic carbocycles. The Hall–Kier alpha value is -2.03. The first kappa shape index (κ1) is 82.0. The summed E-state index contributed by atoms with van der Waals surface area (Å²) in [6.07, 6.45) is 84.9. The van der Waals surface area contributed by atoms with Gasteiger partial charge in [0.1, 0.15) is 19.8 Å². The highest BCUT2D eigenvalue weighted by Crippen LogP contribution is 2.38. The van der Waals surface area contributed by atoms with Crippen LogP contribution in [0, 0.1) is 0 Å². The number of rotatable bonds is 68. The summed E-state index contributed by atoms with van der Waals surface area (Å²) in [5, 5.41) is 0. The third kappa shape index (κ3) is 69.1. The van der Waals surface area contributed by atoms with E-state index in [9.17, 15) is 19.0 Å². The number of nitrogens with zero attached hydrogens (tertiary/aromatic N) is 1. The second kappa shape index (κ2) is 65.4. The maximum absolute atomic E-state index is 12.9. The second-order valence-corrected chi connectivity index (χ2v) is 27.4. The number of phosphoric acid groups is 1. The lowest BCUT2D eigenvalue weighted by Gasteiger charge is -2.28. The molecule has 84 heavy (non-hydrogen) atoms. The zero-order valence-electron chi connectivity index (χ0n) is 56.4. The Morgan fingerprint density at radius 3 is 0.940 bits per heavy atom. The van der Waals surface area contributed by atoms with Gasteiger partial charge in [0, 0.05) is 12.8 Å². The average Bonchev–Trinajstić information content (AvgIpc) is 3.61. The van der Waals surface area contributed by atoms with E-state index in [0.29, 0.717) is 17.4 Å². The zero-order valence-corrected chi connectivity index (χ0v) is 57.3. The fourth-order valence-corrected chi connectivity index (χ4v) is 11.5. The Balaban J connectivity index is 3.97. The number of ether oxygens (including phenoxy) is 2. The molecule has 0 spiro atoms. The van der Waals surface area contributed by atoms with Gasteiger partial charge in [0.25, 0.3) is 7.82 Å². The smallest absolute Gasteiger partial charge is 0.306 e. The molecule has 0 bridgehead atoms. The van der Waals surface area contributed by atoms with Crippen molar-refractivity contribution in [3.05, 3.63) is 48.6 Å². The van der Waals surface area contributed by atoms with Crippen molar-refractivity contribution in [3.63, 3.8) is 0 Å². The molecule has 0 aliphatic rings. The van der Waals surface area contributed by atoms with Crippen LogP contribution in [0.2, 0.25) is 0 Å². The highest BCUT2D eigenvalue weighted by Gasteiger charge is 2.22. The summed E-state index contributed by atoms with van der Waals surface area (Å²) in [4.78, 5) is 38.1. The van der Waals surface area contributed by atoms with Crippen LogP contribution < -0.4 is 4.89 Å². The van der Waals surface area contributed by atoms with E-state index in [4.69, 9.17) is 18.5 Å². The number of unbranched alkanes of at least 4 members (excludes halogenated alkanes) is 46. The van der Waals surface area contributed by atoms with Crippen molar-refractivity contribution in [2.45, 2.75) is 367 Å². The van der Waals surface area contributed by atoms with Gasteiger partial charge in [0.05, 0.1) is 27.7 Å². The number of phosphoric ester groups is 1. The quantitative estimate of drug-likeness (QED) is 0.0195. The van der Waals surface area contributed by atoms with E-state index in [2.05, 4.69) is 62.5 Å². The monoisotopic (exact) mass is 1200 g/mol. The SMILES string of the molecule is CCCCCCC/C=C\C/C=C\CCCCCCCCCCCCCCCCCCCCCCCCCC(=O)OC(COC(=O)CCCCCCCCCCCCCCC/C=C\C/C=C\CCCCCCC)COP(=O)([O-])OCC[N+](C)(C)C. The molecule has 0 N–H and O–H groups in total. The van der Waals surface area contributed by atoms with E-state index in [0.717, 1.165) is 44.9 Å². The normalized spacial score (nSPS) is 13.4. The van der Waals surface area contributed by atoms with Crippen LogP contribution >= 0.6 is 7.82 Å². The van der Waals surface area contributed by atoms with Crippen LogP contribution in [0.25, 0.3) is 0 Å². The standard InChI is InChI=1S/C74H140NO8P/c1-6-8-10-12-14-16-18-20-22-24-26-28-30-32-33-34-35-36-37-38-39-40-41-43-45-47-49-51-53-55-57-59-61-63-65-67-74(77)83-72(71-82-84(78,79)81-69-68-75(3,4)5)70-80-73(76)66-64-62-60-58-56-54-52-50-48-46-44-42-31-29-27-25-23-21-19-17-15-13-11-9-7-2/h18-21,24-27,72H,6-17,22-23,28-71H2,1-5H3/b20-18-,21-19-,26-24-,27-25-. The Labute approximate surface area is 522 Å². The van der Waals surface area contributed by atoms with Gasteiger partial charge in [0.2, 0.25) is 0 Å². The predicted molar refractivity (Wildman–Crippen MR) is 360 cm³/mol. The molecule has 9 nitrogen and oxygen atoms in total. The van der Waals surface area contributed by atoms with Crippen molar-refractivity contribution in [3.8, 4) is 0 Å². The maximum Gasteiger partial charge on any atom is 0.306 e. The Kier molecular flexibility index (Phi) is 63.8. The number of hydrogen-bond acceptors (Lipinski definition) is 8. The lowest BCUT2D eigenvalue weighted by atomic mass is 10.0. The first-order valence-corrected chi connectivity index (χ1v) is 37.8. The average molecular weight is 1200 g/mol. The van der Waals surface area contributed by atoms with Crippen LogP contribution in [0.5, 0.6) is 0 Å². The molecule has 494 valence electrons. The molecule has 0 radical (unpaired) electrons. The third-order valence-electron chi connectivity index (χ3n) is 16.3. The molecule has 0 saturated carbocycles. The summed E-state index contributed by atoms with van der Waals surface area (Å²) in [7, 11) is 1.18. The number of allylic oxidation sites excluding steroid dienone is 8. The van der Waals surface area contributed by atoms with E-state index in [1.165, 1.54) is 283 Å². The third-order valence-corrected chi connectivity index (χ3v) is 17.3. The lowest BCUT2D eigenvalue weighted by Crippen LogP contribution is -2.37. The number of hydrogen-bond donors (Lipinski definition) is 0. The number of carbonyl (C=O) groups is 2. The summed E-state index contributed by atoms with van der Waals surface area (Å²) in [6.45, 7) is 4.28. The Bertz CT molecular complexity index is 1560. The molecule has 0 fully saturated rings. The van der Waals surface area contributed by atoms with Crippen molar-refractivity contribution in [1.82, 2.24) is 0 Å². The van der Waals surface area contributed by atoms with Gasteiger partial charge in [-0.05, 0) is 77.0 Å². The van der Waals surface area contributed by atoms with Crippen LogP contribution in [0.4, 0.5) is 0 Å². The number of likely N-dealkylation sites (N-methyl/N-ethyl adjacent to an activating group) is 1. The molecular weight excluding hydrogens is 1060 g/mol. The predicted octanol–water partition coefficient (Wildman–Crippen LogP) is 23.0. The summed E-state index contributed by atoms with van der Waals surface area (Å²) in [6, 6.07) is 0. The molecule has 2 unspecified atom stereocenters. The molecular formula is C74H140NO8P. The van der Waals surface area contributed by atoms with Crippen molar-refractivity contribution in [1.29, 1.82) is 0 Å². The van der Waals surface area contributed by atoms with Crippen LogP contribution in [-0.4, -0.2) is 70.0 Å². The van der Waals surface area contributed by atoms with Crippen LogP contribution in [0.15, 0.2) is 48.6 Å². The van der Waals surface area contributed by atoms with Gasteiger partial charge < -0.3 is 27.9 Å². The first-order chi connectivity index (χ1) is 41.0. The second-order valence-electron chi connectivity index (χ2n) is 26.0. The van der Waals surface area contributed by atoms with Crippen molar-refractivity contribution < 1.29 is 42.1 Å². The summed E-state index contributed by atoms with van der Waals surface area (Å²) >= 11 is 0. The number of quaternary nitrogens is 1. The van der Waals surface area contributed by atoms with Gasteiger partial charge in [0.15, 0.2) is 6.10 Å². The van der Waals surface area contributed by atoms with Crippen LogP contribution in [-0.2, 0) is 32.7 Å². The Morgan fingerprint density at radius 2 is 0.643 bits per heavy atom. The molecule has 0 amide bonds. The summed E-state index contributed by atoms with van der Waals surface area (Å²) in [5.74, 6) is -0.815. The fraction of sp³-hybridized carbons (Fsp3) is 0.865. The van der Waals surface area contributed by atoms with E-state index in [1.807, 2.05) is 21.1 Å². The summed E-state index contributed by atoms with van der Waals surface area (Å²) in [5.41, 5.74) is 0. The fourth-order valence-electron chi connectivity index (χ4n) is 10.7. The van der Waals surface area contributed by atoms with E-state index >= 15 is 0 Å². The minimum absolute atomic E-state index is 0.0290. The van der Waals surface area contributed by atoms with Gasteiger partial charge in [-0.15, -0.1) is 0 Å². The molecule has 0 aromatic carbocycles. The highest BCUT2D eigenvalue weighted by atomic mass is 31.2. The molecule has 0 aromatic rings. The molecule has 0 aromatic heterocycles. The van der Waals surface area contributed by atoms with Gasteiger partial charge >= 0.3 is 11.9 Å². The number of esters is 2. The van der Waals surface area contributed by atoms with Crippen LogP contribution in [0.1, 0.15) is 361 Å². The molecule has 0 saturated heterocycles. The van der Waals surface area contributed by atoms with Crippen molar-refractivity contribution in [2.24, 2.45) is 0 Å².